The van der Waals surface area contributed by atoms with E-state index in [0.717, 1.165) is 0 Å². The molecule has 20 heavy (non-hydrogen) atoms. The Labute approximate surface area is 119 Å². The van der Waals surface area contributed by atoms with Crippen molar-refractivity contribution >= 4 is 18.3 Å². The minimum absolute atomic E-state index is 0.0788. The van der Waals surface area contributed by atoms with Crippen molar-refractivity contribution < 1.29 is 19.1 Å². The van der Waals surface area contributed by atoms with Gasteiger partial charge in [0, 0.05) is 5.54 Å². The van der Waals surface area contributed by atoms with Crippen molar-refractivity contribution in [3.63, 3.8) is 0 Å². The van der Waals surface area contributed by atoms with Crippen LogP contribution in [0.3, 0.4) is 0 Å². The maximum atomic E-state index is 12.5. The van der Waals surface area contributed by atoms with E-state index in [9.17, 15) is 14.4 Å². The maximum absolute atomic E-state index is 12.5. The van der Waals surface area contributed by atoms with E-state index < -0.39 is 23.0 Å². The average molecular weight is 284 g/mol. The number of hydrogen-bond donors (Lipinski definition) is 1. The molecule has 0 aromatic carbocycles. The predicted molar refractivity (Wildman–Crippen MR) is 73.8 cm³/mol. The number of amides is 2. The van der Waals surface area contributed by atoms with Crippen LogP contribution >= 0.6 is 0 Å². The first kappa shape index (κ1) is 16.5. The Balaban J connectivity index is 3.16. The fraction of sp³-hybridized carbons (Fsp3) is 0.786. The fourth-order valence-corrected chi connectivity index (χ4v) is 2.19. The van der Waals surface area contributed by atoms with Gasteiger partial charge in [0.2, 0.25) is 11.9 Å². The summed E-state index contributed by atoms with van der Waals surface area (Å²) >= 11 is 0. The zero-order chi connectivity index (χ0) is 15.7. The van der Waals surface area contributed by atoms with Gasteiger partial charge in [0.25, 0.3) is 5.91 Å². The summed E-state index contributed by atoms with van der Waals surface area (Å²) in [4.78, 5) is 37.3. The molecule has 0 aliphatic carbocycles. The van der Waals surface area contributed by atoms with E-state index in [4.69, 9.17) is 4.74 Å². The lowest BCUT2D eigenvalue weighted by Crippen LogP contribution is -2.70. The van der Waals surface area contributed by atoms with Gasteiger partial charge in [-0.2, -0.15) is 0 Å². The minimum Gasteiger partial charge on any atom is -0.461 e. The molecule has 0 saturated carbocycles. The molecule has 1 aliphatic heterocycles. The summed E-state index contributed by atoms with van der Waals surface area (Å²) in [6, 6.07) is -0.305. The third-order valence-electron chi connectivity index (χ3n) is 3.47. The van der Waals surface area contributed by atoms with Gasteiger partial charge in [-0.25, -0.2) is 4.79 Å². The topological polar surface area (TPSA) is 75.7 Å². The molecule has 0 unspecified atom stereocenters. The minimum atomic E-state index is -1.62. The first-order valence-corrected chi connectivity index (χ1v) is 6.77. The summed E-state index contributed by atoms with van der Waals surface area (Å²) in [6.45, 7) is 10.8. The number of nitrogens with one attached hydrogen (secondary N) is 1. The summed E-state index contributed by atoms with van der Waals surface area (Å²) < 4.78 is 5.13. The number of hydrogen-bond acceptors (Lipinski definition) is 4. The number of carbonyl (C=O) groups excluding carboxylic acids is 3. The number of nitrogens with zero attached hydrogens (tertiary/aromatic N) is 1. The summed E-state index contributed by atoms with van der Waals surface area (Å²) in [6.07, 6.45) is 0.563. The van der Waals surface area contributed by atoms with Crippen LogP contribution in [0, 0.1) is 5.92 Å². The second kappa shape index (κ2) is 5.42. The van der Waals surface area contributed by atoms with Crippen molar-refractivity contribution in [1.29, 1.82) is 0 Å². The van der Waals surface area contributed by atoms with Gasteiger partial charge < -0.3 is 15.0 Å². The van der Waals surface area contributed by atoms with E-state index in [0.29, 0.717) is 6.41 Å². The summed E-state index contributed by atoms with van der Waals surface area (Å²) in [5.41, 5.74) is -2.12. The van der Waals surface area contributed by atoms with Crippen molar-refractivity contribution in [1.82, 2.24) is 10.2 Å². The molecule has 0 spiro atoms. The van der Waals surface area contributed by atoms with Crippen LogP contribution in [0.25, 0.3) is 0 Å². The van der Waals surface area contributed by atoms with Gasteiger partial charge in [-0.1, -0.05) is 13.8 Å². The normalized spacial score (nSPS) is 27.2. The van der Waals surface area contributed by atoms with Crippen LogP contribution in [0.2, 0.25) is 0 Å². The average Bonchev–Trinajstić information content (AvgIpc) is 2.29. The molecule has 6 heteroatoms. The highest BCUT2D eigenvalue weighted by atomic mass is 16.5. The number of rotatable bonds is 3. The number of morpholine rings is 1. The second-order valence-corrected chi connectivity index (χ2v) is 6.70. The molecule has 1 heterocycles. The monoisotopic (exact) mass is 284 g/mol. The molecule has 1 saturated heterocycles. The molecule has 114 valence electrons. The zero-order valence-corrected chi connectivity index (χ0v) is 13.0. The van der Waals surface area contributed by atoms with E-state index in [1.54, 1.807) is 0 Å². The summed E-state index contributed by atoms with van der Waals surface area (Å²) in [7, 11) is 0. The lowest BCUT2D eigenvalue weighted by atomic mass is 9.90. The third-order valence-corrected chi connectivity index (χ3v) is 3.47. The molecule has 0 aromatic heterocycles. The van der Waals surface area contributed by atoms with Gasteiger partial charge in [-0.05, 0) is 33.6 Å². The highest BCUT2D eigenvalue weighted by Crippen LogP contribution is 2.28. The molecule has 2 atom stereocenters. The van der Waals surface area contributed by atoms with Crippen LogP contribution < -0.4 is 5.32 Å². The number of ether oxygens (including phenoxy) is 1. The van der Waals surface area contributed by atoms with Crippen LogP contribution in [0.1, 0.15) is 41.5 Å². The number of cyclic esters (lactones) is 1. The Kier molecular flexibility index (Phi) is 4.46. The maximum Gasteiger partial charge on any atom is 0.341 e. The van der Waals surface area contributed by atoms with Crippen LogP contribution in [0.15, 0.2) is 0 Å². The Hall–Kier alpha value is -1.59. The third kappa shape index (κ3) is 2.94. The predicted octanol–water partition coefficient (Wildman–Crippen LogP) is 0.700. The molecule has 1 aliphatic rings. The highest BCUT2D eigenvalue weighted by Gasteiger charge is 2.54. The molecular weight excluding hydrogens is 260 g/mol. The smallest absolute Gasteiger partial charge is 0.341 e. The van der Waals surface area contributed by atoms with Crippen molar-refractivity contribution in [2.45, 2.75) is 58.7 Å². The highest BCUT2D eigenvalue weighted by molar-refractivity contribution is 6.09. The van der Waals surface area contributed by atoms with Crippen molar-refractivity contribution in [2.75, 3.05) is 6.61 Å². The molecule has 1 N–H and O–H groups in total. The fourth-order valence-electron chi connectivity index (χ4n) is 2.19. The zero-order valence-electron chi connectivity index (χ0n) is 13.0. The molecule has 1 fully saturated rings. The first-order chi connectivity index (χ1) is 9.04. The van der Waals surface area contributed by atoms with Crippen LogP contribution in [-0.2, 0) is 19.1 Å². The molecule has 1 rings (SSSR count). The Morgan fingerprint density at radius 1 is 1.50 bits per heavy atom. The standard InChI is InChI=1S/C14H24N2O4/c1-9(2)10-7-20-12(19)14(6,16(10)8-17)11(18)15-13(3,4)5/h8-10H,7H2,1-6H3,(H,15,18)/t10-,14-/m1/s1. The van der Waals surface area contributed by atoms with E-state index in [-0.39, 0.29) is 18.6 Å². The molecular formula is C14H24N2O4. The summed E-state index contributed by atoms with van der Waals surface area (Å²) in [5, 5.41) is 2.74. The largest absolute Gasteiger partial charge is 0.461 e. The van der Waals surface area contributed by atoms with Gasteiger partial charge in [0.05, 0.1) is 6.04 Å². The van der Waals surface area contributed by atoms with Gasteiger partial charge in [-0.3, -0.25) is 9.59 Å². The van der Waals surface area contributed by atoms with Crippen molar-refractivity contribution in [3.8, 4) is 0 Å². The quantitative estimate of drug-likeness (QED) is 0.470. The van der Waals surface area contributed by atoms with E-state index in [1.165, 1.54) is 11.8 Å². The molecule has 0 radical (unpaired) electrons. The van der Waals surface area contributed by atoms with E-state index in [2.05, 4.69) is 5.32 Å². The van der Waals surface area contributed by atoms with Crippen molar-refractivity contribution in [2.24, 2.45) is 5.92 Å². The lowest BCUT2D eigenvalue weighted by Gasteiger charge is -2.46. The SMILES string of the molecule is CC(C)[C@H]1COC(=O)[C@@](C)(C(=O)NC(C)(C)C)N1C=O. The van der Waals surface area contributed by atoms with Gasteiger partial charge in [-0.15, -0.1) is 0 Å². The molecule has 0 aromatic rings. The van der Waals surface area contributed by atoms with Crippen LogP contribution in [0.4, 0.5) is 0 Å². The van der Waals surface area contributed by atoms with Gasteiger partial charge in [0.1, 0.15) is 6.61 Å². The molecule has 2 amide bonds. The van der Waals surface area contributed by atoms with Crippen LogP contribution in [-0.4, -0.2) is 46.9 Å². The Morgan fingerprint density at radius 2 is 2.05 bits per heavy atom. The summed E-state index contributed by atoms with van der Waals surface area (Å²) in [5.74, 6) is -1.13. The van der Waals surface area contributed by atoms with Crippen molar-refractivity contribution in [3.05, 3.63) is 0 Å². The Morgan fingerprint density at radius 3 is 2.45 bits per heavy atom. The molecule has 0 bridgehead atoms. The van der Waals surface area contributed by atoms with Crippen LogP contribution in [0.5, 0.6) is 0 Å². The lowest BCUT2D eigenvalue weighted by molar-refractivity contribution is -0.182. The second-order valence-electron chi connectivity index (χ2n) is 6.70. The first-order valence-electron chi connectivity index (χ1n) is 6.77. The van der Waals surface area contributed by atoms with E-state index in [1.807, 2.05) is 34.6 Å². The van der Waals surface area contributed by atoms with Gasteiger partial charge in [0.15, 0.2) is 0 Å². The number of carbonyl (C=O) groups is 3. The van der Waals surface area contributed by atoms with E-state index >= 15 is 0 Å². The number of esters is 1. The van der Waals surface area contributed by atoms with Gasteiger partial charge >= 0.3 is 5.97 Å². The Bertz CT molecular complexity index is 414. The molecule has 6 nitrogen and oxygen atoms in total.